The van der Waals surface area contributed by atoms with Gasteiger partial charge in [-0.05, 0) is 0 Å². The third kappa shape index (κ3) is 26.1. The molecule has 0 aromatic rings. The first-order valence-corrected chi connectivity index (χ1v) is 2.33. The summed E-state index contributed by atoms with van der Waals surface area (Å²) in [5, 5.41) is 0. The van der Waals surface area contributed by atoms with Crippen LogP contribution in [0.5, 0.6) is 0 Å². The minimum atomic E-state index is -3.69. The van der Waals surface area contributed by atoms with E-state index in [-0.39, 0.29) is 52.8 Å². The second kappa shape index (κ2) is 5.78. The van der Waals surface area contributed by atoms with Gasteiger partial charge in [-0.3, -0.25) is 0 Å². The molecular formula is H2KO3V. The summed E-state index contributed by atoms with van der Waals surface area (Å²) in [6, 6.07) is 0. The fourth-order valence-electron chi connectivity index (χ4n) is 0. The Morgan fingerprint density at radius 3 is 1.60 bits per heavy atom. The van der Waals surface area contributed by atoms with Gasteiger partial charge in [0.1, 0.15) is 0 Å². The molecular weight excluding hydrogens is 138 g/mol. The summed E-state index contributed by atoms with van der Waals surface area (Å²) in [6.07, 6.45) is 0. The van der Waals surface area contributed by atoms with Gasteiger partial charge in [-0.25, -0.2) is 0 Å². The van der Waals surface area contributed by atoms with Crippen LogP contribution in [0.2, 0.25) is 0 Å². The van der Waals surface area contributed by atoms with Crippen molar-refractivity contribution >= 4 is 0 Å². The van der Waals surface area contributed by atoms with Crippen molar-refractivity contribution in [3.8, 4) is 0 Å². The van der Waals surface area contributed by atoms with Crippen molar-refractivity contribution in [3.05, 3.63) is 0 Å². The molecule has 0 saturated heterocycles. The second-order valence-corrected chi connectivity index (χ2v) is 0.981. The first-order chi connectivity index (χ1) is 1.73. The number of hydrogen-bond donors (Lipinski definition) is 1. The summed E-state index contributed by atoms with van der Waals surface area (Å²) in [5.74, 6) is 0. The van der Waals surface area contributed by atoms with E-state index in [1.165, 1.54) is 0 Å². The number of rotatable bonds is 0. The van der Waals surface area contributed by atoms with Gasteiger partial charge in [0.25, 0.3) is 0 Å². The summed E-state index contributed by atoms with van der Waals surface area (Å²) >= 11 is -3.69. The molecule has 5 heteroatoms. The van der Waals surface area contributed by atoms with Crippen LogP contribution in [0.1, 0.15) is 1.43 Å². The Bertz CT molecular complexity index is 59.2. The molecule has 0 unspecified atom stereocenters. The molecule has 0 aliphatic carbocycles. The van der Waals surface area contributed by atoms with Gasteiger partial charge in [-0.2, -0.15) is 0 Å². The number of hydrogen-bond acceptors (Lipinski definition) is 2. The molecule has 0 aromatic heterocycles. The van der Waals surface area contributed by atoms with Crippen LogP contribution in [0, 0.1) is 0 Å². The third-order valence-electron chi connectivity index (χ3n) is 0. The summed E-state index contributed by atoms with van der Waals surface area (Å²) in [6.45, 7) is 0. The molecule has 0 atom stereocenters. The Labute approximate surface area is 78.0 Å². The van der Waals surface area contributed by atoms with Crippen LogP contribution in [-0.2, 0) is 22.7 Å². The summed E-state index contributed by atoms with van der Waals surface area (Å²) in [5.41, 5.74) is 0. The maximum atomic E-state index is 8.67. The van der Waals surface area contributed by atoms with E-state index in [9.17, 15) is 0 Å². The van der Waals surface area contributed by atoms with Gasteiger partial charge in [0.05, 0.1) is 0 Å². The summed E-state index contributed by atoms with van der Waals surface area (Å²) in [4.78, 5) is 0. The van der Waals surface area contributed by atoms with Crippen molar-refractivity contribution < 1.29 is 79.6 Å². The molecule has 0 aromatic carbocycles. The van der Waals surface area contributed by atoms with E-state index in [2.05, 4.69) is 0 Å². The van der Waals surface area contributed by atoms with Crippen LogP contribution in [0.4, 0.5) is 0 Å². The molecule has 0 aliphatic rings. The molecule has 0 amide bonds. The molecule has 0 rings (SSSR count). The first kappa shape index (κ1) is 9.91. The molecule has 0 radical (unpaired) electrons. The van der Waals surface area contributed by atoms with Crippen LogP contribution in [-0.4, -0.2) is 4.03 Å². The fourth-order valence-corrected chi connectivity index (χ4v) is 0. The van der Waals surface area contributed by atoms with Crippen LogP contribution >= 0.6 is 0 Å². The van der Waals surface area contributed by atoms with Gasteiger partial charge in [-0.15, -0.1) is 0 Å². The van der Waals surface area contributed by atoms with Crippen LogP contribution in [0.15, 0.2) is 0 Å². The van der Waals surface area contributed by atoms with Crippen molar-refractivity contribution in [2.45, 2.75) is 0 Å². The summed E-state index contributed by atoms with van der Waals surface area (Å²) < 4.78 is 24.4. The zero-order valence-corrected chi connectivity index (χ0v) is 7.23. The zero-order valence-electron chi connectivity index (χ0n) is 3.71. The zero-order chi connectivity index (χ0) is 3.58. The first-order valence-electron chi connectivity index (χ1n) is 0.565. The molecule has 26 valence electrons. The Balaban J connectivity index is -0.0000000450. The Morgan fingerprint density at radius 2 is 1.60 bits per heavy atom. The van der Waals surface area contributed by atoms with E-state index in [0.29, 0.717) is 0 Å². The normalized spacial score (nSPS) is 5.00. The van der Waals surface area contributed by atoms with Crippen molar-refractivity contribution in [2.75, 3.05) is 0 Å². The van der Waals surface area contributed by atoms with Crippen molar-refractivity contribution in [3.63, 3.8) is 0 Å². The van der Waals surface area contributed by atoms with Gasteiger partial charge >= 0.3 is 78.2 Å². The monoisotopic (exact) mass is 140 g/mol. The van der Waals surface area contributed by atoms with E-state index < -0.39 is 15.4 Å². The fraction of sp³-hybridized carbons (Fsp3) is 0. The van der Waals surface area contributed by atoms with E-state index in [4.69, 9.17) is 11.4 Å². The Kier molecular flexibility index (Phi) is 11.5. The van der Waals surface area contributed by atoms with E-state index in [1.807, 2.05) is 0 Å². The van der Waals surface area contributed by atoms with E-state index in [1.54, 1.807) is 0 Å². The Hall–Kier alpha value is 1.78. The Morgan fingerprint density at radius 1 is 1.60 bits per heavy atom. The standard InChI is InChI=1S/K.H2O.2O.V.H/h;1H2;;;;/q+1;;;;+1;-1/p-1. The van der Waals surface area contributed by atoms with E-state index >= 15 is 0 Å². The molecule has 1 N–H and O–H groups in total. The molecule has 0 bridgehead atoms. The molecule has 5 heavy (non-hydrogen) atoms. The van der Waals surface area contributed by atoms with Crippen LogP contribution in [0.3, 0.4) is 0 Å². The topological polar surface area (TPSA) is 54.4 Å². The van der Waals surface area contributed by atoms with Crippen molar-refractivity contribution in [1.29, 1.82) is 0 Å². The predicted molar refractivity (Wildman–Crippen MR) is 4.70 cm³/mol. The van der Waals surface area contributed by atoms with Crippen molar-refractivity contribution in [2.24, 2.45) is 0 Å². The van der Waals surface area contributed by atoms with E-state index in [0.717, 1.165) is 0 Å². The van der Waals surface area contributed by atoms with Gasteiger partial charge in [0.15, 0.2) is 0 Å². The quantitative estimate of drug-likeness (QED) is 0.352. The predicted octanol–water partition coefficient (Wildman–Crippen LogP) is -3.68. The van der Waals surface area contributed by atoms with Gasteiger partial charge in [0.2, 0.25) is 0 Å². The average molecular weight is 140 g/mol. The average Bonchev–Trinajstić information content (AvgIpc) is 0.811. The molecule has 3 nitrogen and oxygen atoms in total. The maximum absolute atomic E-state index is 8.67. The van der Waals surface area contributed by atoms with Gasteiger partial charge in [0, 0.05) is 0 Å². The van der Waals surface area contributed by atoms with Crippen LogP contribution in [0.25, 0.3) is 0 Å². The molecule has 0 spiro atoms. The summed E-state index contributed by atoms with van der Waals surface area (Å²) in [7, 11) is 0. The SMILES string of the molecule is [H-].[K+].[O]=[V](=[O])[OH]. The van der Waals surface area contributed by atoms with Crippen LogP contribution < -0.4 is 51.4 Å². The molecule has 0 saturated carbocycles. The van der Waals surface area contributed by atoms with Gasteiger partial charge < -0.3 is 1.43 Å². The minimum absolute atomic E-state index is 0. The molecule has 0 aliphatic heterocycles. The third-order valence-corrected chi connectivity index (χ3v) is 0. The van der Waals surface area contributed by atoms with Crippen molar-refractivity contribution in [1.82, 2.24) is 0 Å². The second-order valence-electron chi connectivity index (χ2n) is 0.238. The molecule has 0 heterocycles. The molecule has 0 fully saturated rings. The van der Waals surface area contributed by atoms with Gasteiger partial charge in [-0.1, -0.05) is 0 Å².